The summed E-state index contributed by atoms with van der Waals surface area (Å²) >= 11 is 0. The molecule has 0 N–H and O–H groups in total. The number of rotatable bonds is 1. The van der Waals surface area contributed by atoms with Gasteiger partial charge in [0.2, 0.25) is 0 Å². The molecule has 0 saturated carbocycles. The Bertz CT molecular complexity index is 613. The molecule has 1 aromatic carbocycles. The molecule has 0 atom stereocenters. The van der Waals surface area contributed by atoms with Crippen molar-refractivity contribution in [3.63, 3.8) is 0 Å². The number of fused-ring (bicyclic) bond motifs is 1. The molecule has 3 heteroatoms. The van der Waals surface area contributed by atoms with Gasteiger partial charge in [-0.1, -0.05) is 41.5 Å². The van der Waals surface area contributed by atoms with Gasteiger partial charge in [0.05, 0.1) is 5.56 Å². The monoisotopic (exact) mass is 302 g/mol. The highest BCUT2D eigenvalue weighted by atomic mass is 19.1. The highest BCUT2D eigenvalue weighted by Gasteiger charge is 2.57. The van der Waals surface area contributed by atoms with Crippen molar-refractivity contribution in [2.24, 2.45) is 10.8 Å². The molecule has 0 unspecified atom stereocenters. The molecule has 0 amide bonds. The van der Waals surface area contributed by atoms with E-state index in [0.717, 1.165) is 24.3 Å². The van der Waals surface area contributed by atoms with E-state index < -0.39 is 5.82 Å². The van der Waals surface area contributed by atoms with E-state index in [4.69, 9.17) is 0 Å². The van der Waals surface area contributed by atoms with Crippen molar-refractivity contribution >= 4 is 5.69 Å². The zero-order chi connectivity index (χ0) is 16.9. The first-order valence-electron chi connectivity index (χ1n) is 7.98. The molecule has 2 rings (SSSR count). The fourth-order valence-corrected chi connectivity index (χ4v) is 4.40. The van der Waals surface area contributed by atoms with Crippen LogP contribution >= 0.6 is 0 Å². The van der Waals surface area contributed by atoms with Crippen molar-refractivity contribution in [3.8, 4) is 6.07 Å². The van der Waals surface area contributed by atoms with Crippen LogP contribution in [0.3, 0.4) is 0 Å². The maximum atomic E-state index is 14.2. The third kappa shape index (κ3) is 2.12. The molecule has 1 aromatic rings. The highest BCUT2D eigenvalue weighted by molar-refractivity contribution is 5.66. The zero-order valence-corrected chi connectivity index (χ0v) is 14.8. The molecule has 0 bridgehead atoms. The van der Waals surface area contributed by atoms with Crippen LogP contribution in [0.2, 0.25) is 0 Å². The minimum Gasteiger partial charge on any atom is -0.371 e. The summed E-state index contributed by atoms with van der Waals surface area (Å²) in [6.07, 6.45) is 0. The Morgan fingerprint density at radius 2 is 1.73 bits per heavy atom. The lowest BCUT2D eigenvalue weighted by atomic mass is 9.52. The second-order valence-corrected chi connectivity index (χ2v) is 8.38. The molecule has 0 spiro atoms. The quantitative estimate of drug-likeness (QED) is 0.740. The minimum absolute atomic E-state index is 0.00548. The average Bonchev–Trinajstić information content (AvgIpc) is 2.71. The summed E-state index contributed by atoms with van der Waals surface area (Å²) in [5, 5.41) is 9.25. The van der Waals surface area contributed by atoms with Gasteiger partial charge in [0.1, 0.15) is 11.9 Å². The van der Waals surface area contributed by atoms with E-state index in [0.29, 0.717) is 0 Å². The highest BCUT2D eigenvalue weighted by Crippen LogP contribution is 2.59. The van der Waals surface area contributed by atoms with Gasteiger partial charge in [-0.3, -0.25) is 0 Å². The maximum absolute atomic E-state index is 14.2. The van der Waals surface area contributed by atoms with Crippen LogP contribution < -0.4 is 4.90 Å². The molecular formula is C19H27FN2. The first kappa shape index (κ1) is 16.8. The predicted molar refractivity (Wildman–Crippen MR) is 89.6 cm³/mol. The van der Waals surface area contributed by atoms with Crippen LogP contribution in [0, 0.1) is 28.0 Å². The van der Waals surface area contributed by atoms with E-state index in [2.05, 4.69) is 53.4 Å². The lowest BCUT2D eigenvalue weighted by Crippen LogP contribution is -2.53. The third-order valence-corrected chi connectivity index (χ3v) is 5.38. The molecule has 2 nitrogen and oxygen atoms in total. The number of nitrogens with zero attached hydrogens (tertiary/aromatic N) is 2. The Labute approximate surface area is 133 Å². The summed E-state index contributed by atoms with van der Waals surface area (Å²) in [5.41, 5.74) is 2.07. The Morgan fingerprint density at radius 1 is 1.18 bits per heavy atom. The van der Waals surface area contributed by atoms with E-state index in [9.17, 15) is 9.65 Å². The number of hydrogen-bond donors (Lipinski definition) is 0. The van der Waals surface area contributed by atoms with E-state index in [1.165, 1.54) is 0 Å². The topological polar surface area (TPSA) is 27.0 Å². The van der Waals surface area contributed by atoms with Crippen LogP contribution in [0.5, 0.6) is 0 Å². The van der Waals surface area contributed by atoms with Gasteiger partial charge in [0.25, 0.3) is 0 Å². The van der Waals surface area contributed by atoms with E-state index in [-0.39, 0.29) is 21.8 Å². The van der Waals surface area contributed by atoms with Crippen LogP contribution in [0.25, 0.3) is 0 Å². The summed E-state index contributed by atoms with van der Waals surface area (Å²) in [7, 11) is 0. The van der Waals surface area contributed by atoms with Gasteiger partial charge < -0.3 is 4.90 Å². The first-order chi connectivity index (χ1) is 9.99. The first-order valence-corrected chi connectivity index (χ1v) is 7.98. The van der Waals surface area contributed by atoms with Crippen molar-refractivity contribution in [2.75, 3.05) is 18.0 Å². The van der Waals surface area contributed by atoms with Crippen LogP contribution in [-0.4, -0.2) is 13.1 Å². The summed E-state index contributed by atoms with van der Waals surface area (Å²) in [6, 6.07) is 5.35. The van der Waals surface area contributed by atoms with Gasteiger partial charge in [-0.25, -0.2) is 4.39 Å². The van der Waals surface area contributed by atoms with Crippen LogP contribution in [-0.2, 0) is 5.41 Å². The zero-order valence-electron chi connectivity index (χ0n) is 14.8. The largest absolute Gasteiger partial charge is 0.371 e. The fraction of sp³-hybridized carbons (Fsp3) is 0.632. The molecular weight excluding hydrogens is 275 g/mol. The van der Waals surface area contributed by atoms with E-state index in [1.807, 2.05) is 6.07 Å². The smallest absolute Gasteiger partial charge is 0.143 e. The van der Waals surface area contributed by atoms with Gasteiger partial charge in [0, 0.05) is 24.2 Å². The summed E-state index contributed by atoms with van der Waals surface area (Å²) < 4.78 is 14.2. The number of anilines is 1. The van der Waals surface area contributed by atoms with Gasteiger partial charge in [-0.05, 0) is 35.4 Å². The predicted octanol–water partition coefficient (Wildman–Crippen LogP) is 4.87. The van der Waals surface area contributed by atoms with Crippen LogP contribution in [0.15, 0.2) is 12.1 Å². The molecule has 1 heterocycles. The lowest BCUT2D eigenvalue weighted by Gasteiger charge is -2.52. The molecule has 0 saturated heterocycles. The van der Waals surface area contributed by atoms with Crippen molar-refractivity contribution in [1.82, 2.24) is 0 Å². The Morgan fingerprint density at radius 3 is 2.14 bits per heavy atom. The number of hydrogen-bond acceptors (Lipinski definition) is 2. The fourth-order valence-electron chi connectivity index (χ4n) is 4.40. The third-order valence-electron chi connectivity index (χ3n) is 5.38. The summed E-state index contributed by atoms with van der Waals surface area (Å²) in [6.45, 7) is 17.3. The van der Waals surface area contributed by atoms with Gasteiger partial charge >= 0.3 is 0 Å². The molecule has 22 heavy (non-hydrogen) atoms. The molecule has 0 aliphatic carbocycles. The molecule has 0 radical (unpaired) electrons. The number of benzene rings is 1. The SMILES string of the molecule is CCN1CC(C(C)(C)C)(C(C)(C)C)c2cc(C#N)c(F)cc21. The standard InChI is InChI=1S/C19H27FN2/c1-8-22-12-19(17(2,3)4,18(5,6)7)14-9-13(11-21)15(20)10-16(14)22/h9-10H,8,12H2,1-7H3. The molecule has 1 aliphatic rings. The second-order valence-electron chi connectivity index (χ2n) is 8.38. The lowest BCUT2D eigenvalue weighted by molar-refractivity contribution is 0.0662. The van der Waals surface area contributed by atoms with Crippen molar-refractivity contribution in [1.29, 1.82) is 5.26 Å². The van der Waals surface area contributed by atoms with Crippen molar-refractivity contribution < 1.29 is 4.39 Å². The number of nitriles is 1. The second kappa shape index (κ2) is 4.98. The minimum atomic E-state index is -0.418. The Kier molecular flexibility index (Phi) is 3.80. The van der Waals surface area contributed by atoms with Gasteiger partial charge in [-0.2, -0.15) is 5.26 Å². The molecule has 0 aromatic heterocycles. The van der Waals surface area contributed by atoms with E-state index >= 15 is 0 Å². The normalized spacial score (nSPS) is 17.3. The molecule has 120 valence electrons. The number of likely N-dealkylation sites (N-methyl/N-ethyl adjacent to an activating group) is 1. The van der Waals surface area contributed by atoms with Crippen molar-refractivity contribution in [3.05, 3.63) is 29.1 Å². The Balaban J connectivity index is 2.86. The Hall–Kier alpha value is -1.56. The summed E-state index contributed by atoms with van der Waals surface area (Å²) in [4.78, 5) is 2.25. The van der Waals surface area contributed by atoms with Gasteiger partial charge in [-0.15, -0.1) is 0 Å². The number of halogens is 1. The van der Waals surface area contributed by atoms with Gasteiger partial charge in [0.15, 0.2) is 0 Å². The average molecular weight is 302 g/mol. The molecule has 1 aliphatic heterocycles. The van der Waals surface area contributed by atoms with Crippen LogP contribution in [0.4, 0.5) is 10.1 Å². The summed E-state index contributed by atoms with van der Waals surface area (Å²) in [5.74, 6) is -0.418. The van der Waals surface area contributed by atoms with Crippen LogP contribution in [0.1, 0.15) is 59.6 Å². The molecule has 0 fully saturated rings. The maximum Gasteiger partial charge on any atom is 0.143 e. The van der Waals surface area contributed by atoms with E-state index in [1.54, 1.807) is 12.1 Å². The van der Waals surface area contributed by atoms with Crippen molar-refractivity contribution in [2.45, 2.75) is 53.9 Å².